The van der Waals surface area contributed by atoms with Gasteiger partial charge in [0.2, 0.25) is 41.4 Å². The molecule has 0 aliphatic rings. The number of amides is 7. The van der Waals surface area contributed by atoms with E-state index in [1.807, 2.05) is 0 Å². The Balaban J connectivity index is 6.19. The van der Waals surface area contributed by atoms with Crippen LogP contribution in [0.3, 0.4) is 0 Å². The number of unbranched alkanes of at least 4 members (excludes halogenated alkanes) is 1. The van der Waals surface area contributed by atoms with E-state index in [2.05, 4.69) is 64.8 Å². The minimum absolute atomic E-state index is 0.0113. The molecule has 0 spiro atoms. The SMILES string of the molecule is NCCCC[C@H](NC(=O)[C@H](CCCN=C(N)N)NC(=O)[C@H](CS)NC(=O)[C@H](CO)NC(=O)[C@H](CO)NC(=O)[C@H](CCCN=C(N)N)NC(=O)[C@H](CCCN=C(N)N)NC(=O)[C@@H](N)CO)C(=O)O. The zero-order valence-corrected chi connectivity index (χ0v) is 38.0. The summed E-state index contributed by atoms with van der Waals surface area (Å²) in [6.07, 6.45) is 0.979. The molecule has 0 bridgehead atoms. The van der Waals surface area contributed by atoms with Gasteiger partial charge in [-0.2, -0.15) is 12.6 Å². The van der Waals surface area contributed by atoms with E-state index in [0.29, 0.717) is 19.4 Å². The highest BCUT2D eigenvalue weighted by Crippen LogP contribution is 2.07. The Hall–Kier alpha value is -6.28. The highest BCUT2D eigenvalue weighted by Gasteiger charge is 2.34. The molecule has 0 rings (SSSR count). The standard InChI is InChI=1S/C36H70N18O12S/c37-10-2-1-6-22(33(65)66)51-28(60)20(8-4-12-46-35(41)42)50-32(64)25(17-67)54-31(63)24(16-57)53-30(62)23(15-56)52-29(61)21(9-5-13-47-36(43)44)49-27(59)19(7-3-11-45-34(39)40)48-26(58)18(38)14-55/h18-25,55-57,67H,1-17,37-38H2,(H,48,58)(H,49,59)(H,50,64)(H,51,60)(H,52,61)(H,53,62)(H,54,63)(H,65,66)(H4,39,40,45)(H4,41,42,46)(H4,43,44,47)/t18-,19-,20-,21-,22-,23-,24-,25-/m0/s1. The second kappa shape index (κ2) is 34.1. The van der Waals surface area contributed by atoms with Crippen molar-refractivity contribution in [3.63, 3.8) is 0 Å². The maximum Gasteiger partial charge on any atom is 0.326 e. The number of carboxylic acid groups (broad SMARTS) is 1. The Bertz CT molecular complexity index is 1700. The molecule has 0 aliphatic heterocycles. The quantitative estimate of drug-likeness (QED) is 0.0121. The number of aliphatic hydroxyl groups is 3. The van der Waals surface area contributed by atoms with Crippen LogP contribution in [0.4, 0.5) is 0 Å². The van der Waals surface area contributed by atoms with Crippen molar-refractivity contribution >= 4 is 77.8 Å². The second-order valence-electron chi connectivity index (χ2n) is 14.7. The molecule has 7 amide bonds. The number of guanidine groups is 3. The van der Waals surface area contributed by atoms with Gasteiger partial charge in [0.05, 0.1) is 19.8 Å². The molecule has 0 heterocycles. The number of nitrogens with zero attached hydrogens (tertiary/aromatic N) is 3. The maximum absolute atomic E-state index is 13.6. The molecule has 0 saturated heterocycles. The summed E-state index contributed by atoms with van der Waals surface area (Å²) >= 11 is 4.11. The summed E-state index contributed by atoms with van der Waals surface area (Å²) in [7, 11) is 0. The highest BCUT2D eigenvalue weighted by molar-refractivity contribution is 7.80. The topological polar surface area (TPSA) is 547 Å². The summed E-state index contributed by atoms with van der Waals surface area (Å²) in [5, 5.41) is 55.5. The molecule has 0 saturated carbocycles. The molecule has 0 fully saturated rings. The van der Waals surface area contributed by atoms with E-state index in [1.165, 1.54) is 0 Å². The van der Waals surface area contributed by atoms with E-state index < -0.39 is 115 Å². The first-order chi connectivity index (χ1) is 31.6. The van der Waals surface area contributed by atoms with Crippen LogP contribution < -0.4 is 83.1 Å². The van der Waals surface area contributed by atoms with Crippen LogP contribution in [0.25, 0.3) is 0 Å². The fourth-order valence-corrected chi connectivity index (χ4v) is 5.90. The summed E-state index contributed by atoms with van der Waals surface area (Å²) in [6.45, 7) is -2.51. The van der Waals surface area contributed by atoms with Gasteiger partial charge in [-0.1, -0.05) is 0 Å². The number of carbonyl (C=O) groups is 8. The largest absolute Gasteiger partial charge is 0.480 e. The summed E-state index contributed by atoms with van der Waals surface area (Å²) < 4.78 is 0. The van der Waals surface area contributed by atoms with Crippen molar-refractivity contribution in [1.82, 2.24) is 37.2 Å². The van der Waals surface area contributed by atoms with Gasteiger partial charge in [-0.3, -0.25) is 48.5 Å². The van der Waals surface area contributed by atoms with Crippen LogP contribution in [0.2, 0.25) is 0 Å². The smallest absolute Gasteiger partial charge is 0.326 e. The van der Waals surface area contributed by atoms with Crippen molar-refractivity contribution in [2.24, 2.45) is 60.8 Å². The minimum Gasteiger partial charge on any atom is -0.480 e. The summed E-state index contributed by atoms with van der Waals surface area (Å²) in [5.74, 6) is -9.48. The van der Waals surface area contributed by atoms with E-state index in [-0.39, 0.29) is 88.2 Å². The monoisotopic (exact) mass is 979 g/mol. The molecule has 0 aromatic heterocycles. The number of thiol groups is 1. The Morgan fingerprint density at radius 3 is 1.04 bits per heavy atom. The first kappa shape index (κ1) is 60.7. The van der Waals surface area contributed by atoms with E-state index in [0.717, 1.165) is 0 Å². The average Bonchev–Trinajstić information content (AvgIpc) is 3.27. The predicted octanol–water partition coefficient (Wildman–Crippen LogP) is -10.0. The predicted molar refractivity (Wildman–Crippen MR) is 247 cm³/mol. The molecular formula is C36H70N18O12S. The number of aliphatic imine (C=N–C) groups is 3. The van der Waals surface area contributed by atoms with Crippen molar-refractivity contribution in [3.05, 3.63) is 0 Å². The Kier molecular flexibility index (Phi) is 30.9. The van der Waals surface area contributed by atoms with Gasteiger partial charge < -0.3 is 104 Å². The lowest BCUT2D eigenvalue weighted by molar-refractivity contribution is -0.142. The fraction of sp³-hybridized carbons (Fsp3) is 0.694. The van der Waals surface area contributed by atoms with Crippen LogP contribution in [-0.2, 0) is 38.4 Å². The Labute approximate surface area is 391 Å². The fourth-order valence-electron chi connectivity index (χ4n) is 5.65. The summed E-state index contributed by atoms with van der Waals surface area (Å²) in [5.41, 5.74) is 43.3. The van der Waals surface area contributed by atoms with Crippen molar-refractivity contribution in [2.45, 2.75) is 106 Å². The lowest BCUT2D eigenvalue weighted by atomic mass is 10.1. The van der Waals surface area contributed by atoms with Gasteiger partial charge in [0.1, 0.15) is 48.3 Å². The third-order valence-corrected chi connectivity index (χ3v) is 9.64. The molecule has 67 heavy (non-hydrogen) atoms. The molecule has 27 N–H and O–H groups in total. The minimum atomic E-state index is -1.81. The van der Waals surface area contributed by atoms with Crippen LogP contribution in [0.1, 0.15) is 57.8 Å². The van der Waals surface area contributed by atoms with Crippen LogP contribution in [0.15, 0.2) is 15.0 Å². The zero-order valence-electron chi connectivity index (χ0n) is 37.1. The second-order valence-corrected chi connectivity index (χ2v) is 15.1. The van der Waals surface area contributed by atoms with E-state index in [1.54, 1.807) is 0 Å². The van der Waals surface area contributed by atoms with Gasteiger partial charge >= 0.3 is 5.97 Å². The van der Waals surface area contributed by atoms with Crippen LogP contribution in [0.5, 0.6) is 0 Å². The van der Waals surface area contributed by atoms with Crippen LogP contribution in [-0.4, -0.2) is 186 Å². The molecule has 31 heteroatoms. The van der Waals surface area contributed by atoms with Gasteiger partial charge in [0, 0.05) is 25.4 Å². The normalized spacial score (nSPS) is 14.4. The Morgan fingerprint density at radius 2 is 0.731 bits per heavy atom. The average molecular weight is 979 g/mol. The lowest BCUT2D eigenvalue weighted by Crippen LogP contribution is -2.61. The first-order valence-electron chi connectivity index (χ1n) is 21.1. The number of aliphatic hydroxyl groups excluding tert-OH is 3. The number of nitrogens with one attached hydrogen (secondary N) is 7. The van der Waals surface area contributed by atoms with Crippen LogP contribution >= 0.6 is 12.6 Å². The number of hydrogen-bond donors (Lipinski definition) is 20. The molecular weight excluding hydrogens is 909 g/mol. The van der Waals surface area contributed by atoms with Gasteiger partial charge in [0.15, 0.2) is 17.9 Å². The zero-order chi connectivity index (χ0) is 51.1. The molecule has 0 radical (unpaired) electrons. The number of nitrogens with two attached hydrogens (primary N) is 8. The number of hydrogen-bond acceptors (Lipinski definition) is 17. The van der Waals surface area contributed by atoms with Gasteiger partial charge in [-0.15, -0.1) is 0 Å². The number of carbonyl (C=O) groups excluding carboxylic acids is 7. The van der Waals surface area contributed by atoms with Crippen molar-refractivity contribution in [1.29, 1.82) is 0 Å². The van der Waals surface area contributed by atoms with Crippen LogP contribution in [0, 0.1) is 0 Å². The van der Waals surface area contributed by atoms with Crippen molar-refractivity contribution in [3.8, 4) is 0 Å². The molecule has 8 atom stereocenters. The molecule has 30 nitrogen and oxygen atoms in total. The maximum atomic E-state index is 13.6. The summed E-state index contributed by atoms with van der Waals surface area (Å²) in [6, 6.07) is -12.0. The molecule has 0 aromatic rings. The van der Waals surface area contributed by atoms with Gasteiger partial charge in [-0.05, 0) is 64.3 Å². The molecule has 0 aromatic carbocycles. The number of rotatable bonds is 35. The summed E-state index contributed by atoms with van der Waals surface area (Å²) in [4.78, 5) is 116. The number of aliphatic carboxylic acids is 1. The van der Waals surface area contributed by atoms with E-state index in [4.69, 9.17) is 45.9 Å². The Morgan fingerprint density at radius 1 is 0.433 bits per heavy atom. The van der Waals surface area contributed by atoms with E-state index in [9.17, 15) is 58.8 Å². The molecule has 382 valence electrons. The van der Waals surface area contributed by atoms with Gasteiger partial charge in [0.25, 0.3) is 0 Å². The first-order valence-corrected chi connectivity index (χ1v) is 21.7. The number of carboxylic acids is 1. The third-order valence-electron chi connectivity index (χ3n) is 9.28. The van der Waals surface area contributed by atoms with Crippen molar-refractivity contribution in [2.75, 3.05) is 51.8 Å². The highest BCUT2D eigenvalue weighted by atomic mass is 32.1. The van der Waals surface area contributed by atoms with E-state index >= 15 is 0 Å². The molecule has 0 aliphatic carbocycles. The van der Waals surface area contributed by atoms with Crippen molar-refractivity contribution < 1.29 is 58.8 Å². The lowest BCUT2D eigenvalue weighted by Gasteiger charge is -2.26. The molecule has 0 unspecified atom stereocenters. The van der Waals surface area contributed by atoms with Gasteiger partial charge in [-0.25, -0.2) is 4.79 Å². The third kappa shape index (κ3) is 25.9.